The molecule has 0 unspecified atom stereocenters. The number of hydrogen-bond acceptors (Lipinski definition) is 5. The summed E-state index contributed by atoms with van der Waals surface area (Å²) in [5.74, 6) is 2.35. The molecule has 0 aromatic carbocycles. The number of nitriles is 1. The van der Waals surface area contributed by atoms with Gasteiger partial charge in [0.1, 0.15) is 18.0 Å². The predicted molar refractivity (Wildman–Crippen MR) is 82.8 cm³/mol. The van der Waals surface area contributed by atoms with E-state index >= 15 is 0 Å². The minimum atomic E-state index is 0.508. The zero-order valence-electron chi connectivity index (χ0n) is 13.0. The van der Waals surface area contributed by atoms with Crippen molar-refractivity contribution in [3.63, 3.8) is 0 Å². The number of aromatic nitrogens is 2. The third-order valence-electron chi connectivity index (χ3n) is 2.98. The van der Waals surface area contributed by atoms with Gasteiger partial charge in [0.2, 0.25) is 0 Å². The Hall–Kier alpha value is -1.83. The normalized spacial score (nSPS) is 10.4. The van der Waals surface area contributed by atoms with Crippen LogP contribution in [-0.4, -0.2) is 29.6 Å². The topological polar surface area (TPSA) is 64.8 Å². The summed E-state index contributed by atoms with van der Waals surface area (Å²) in [6.45, 7) is 11.0. The lowest BCUT2D eigenvalue weighted by Crippen LogP contribution is -2.30. The van der Waals surface area contributed by atoms with Gasteiger partial charge in [0, 0.05) is 25.2 Å². The van der Waals surface area contributed by atoms with Gasteiger partial charge in [-0.1, -0.05) is 20.8 Å². The minimum absolute atomic E-state index is 0.508. The molecule has 0 atom stereocenters. The Balaban J connectivity index is 2.97. The van der Waals surface area contributed by atoms with E-state index in [4.69, 9.17) is 5.26 Å². The quantitative estimate of drug-likeness (QED) is 0.790. The molecule has 1 aromatic heterocycles. The molecule has 0 radical (unpaired) electrons. The van der Waals surface area contributed by atoms with Gasteiger partial charge < -0.3 is 10.2 Å². The highest BCUT2D eigenvalue weighted by Crippen LogP contribution is 2.23. The molecule has 0 amide bonds. The molecule has 0 saturated carbocycles. The van der Waals surface area contributed by atoms with E-state index in [0.29, 0.717) is 18.9 Å². The lowest BCUT2D eigenvalue weighted by atomic mass is 10.2. The second-order valence-corrected chi connectivity index (χ2v) is 5.35. The van der Waals surface area contributed by atoms with Crippen LogP contribution >= 0.6 is 0 Å². The lowest BCUT2D eigenvalue weighted by Gasteiger charge is -2.26. The highest BCUT2D eigenvalue weighted by Gasteiger charge is 2.15. The highest BCUT2D eigenvalue weighted by atomic mass is 15.2. The molecule has 5 nitrogen and oxygen atoms in total. The summed E-state index contributed by atoms with van der Waals surface area (Å²) in [5, 5.41) is 12.1. The van der Waals surface area contributed by atoms with Gasteiger partial charge in [0.25, 0.3) is 0 Å². The van der Waals surface area contributed by atoms with Crippen molar-refractivity contribution in [2.75, 3.05) is 29.9 Å². The Morgan fingerprint density at radius 3 is 2.75 bits per heavy atom. The van der Waals surface area contributed by atoms with Crippen LogP contribution in [0.2, 0.25) is 0 Å². The molecule has 20 heavy (non-hydrogen) atoms. The predicted octanol–water partition coefficient (Wildman–Crippen LogP) is 2.98. The van der Waals surface area contributed by atoms with Crippen molar-refractivity contribution in [2.24, 2.45) is 5.92 Å². The molecule has 0 spiro atoms. The van der Waals surface area contributed by atoms with Crippen LogP contribution in [0, 0.1) is 24.2 Å². The van der Waals surface area contributed by atoms with Crippen LogP contribution in [0.3, 0.4) is 0 Å². The Morgan fingerprint density at radius 1 is 1.40 bits per heavy atom. The molecule has 110 valence electrons. The second-order valence-electron chi connectivity index (χ2n) is 5.35. The second kappa shape index (κ2) is 8.36. The van der Waals surface area contributed by atoms with E-state index < -0.39 is 0 Å². The van der Waals surface area contributed by atoms with Gasteiger partial charge in [0.15, 0.2) is 0 Å². The first-order valence-electron chi connectivity index (χ1n) is 7.27. The molecule has 1 N–H and O–H groups in total. The summed E-state index contributed by atoms with van der Waals surface area (Å²) in [5.41, 5.74) is 1.06. The van der Waals surface area contributed by atoms with Crippen molar-refractivity contribution in [3.05, 3.63) is 11.9 Å². The molecule has 1 aromatic rings. The first-order valence-corrected chi connectivity index (χ1v) is 7.27. The van der Waals surface area contributed by atoms with Gasteiger partial charge in [-0.25, -0.2) is 9.97 Å². The summed E-state index contributed by atoms with van der Waals surface area (Å²) in [6.07, 6.45) is 3.16. The Labute approximate surface area is 122 Å². The standard InChI is InChI=1S/C15H25N5/c1-5-8-17-14-13(4)15(19-11-18-14)20(9-6-7-16)10-12(2)3/h11-12H,5-6,8-10H2,1-4H3,(H,17,18,19). The van der Waals surface area contributed by atoms with E-state index in [1.165, 1.54) is 0 Å². The average Bonchev–Trinajstić information content (AvgIpc) is 2.42. The maximum absolute atomic E-state index is 8.81. The van der Waals surface area contributed by atoms with Crippen molar-refractivity contribution in [3.8, 4) is 6.07 Å². The van der Waals surface area contributed by atoms with Gasteiger partial charge in [-0.15, -0.1) is 0 Å². The summed E-state index contributed by atoms with van der Waals surface area (Å²) in [4.78, 5) is 10.9. The summed E-state index contributed by atoms with van der Waals surface area (Å²) < 4.78 is 0. The van der Waals surface area contributed by atoms with E-state index in [0.717, 1.165) is 36.7 Å². The summed E-state index contributed by atoms with van der Waals surface area (Å²) >= 11 is 0. The fraction of sp³-hybridized carbons (Fsp3) is 0.667. The number of anilines is 2. The number of nitrogens with one attached hydrogen (secondary N) is 1. The fourth-order valence-electron chi connectivity index (χ4n) is 2.09. The zero-order chi connectivity index (χ0) is 15.0. The molecule has 0 bridgehead atoms. The molecule has 0 fully saturated rings. The van der Waals surface area contributed by atoms with E-state index in [2.05, 4.69) is 47.0 Å². The van der Waals surface area contributed by atoms with E-state index in [-0.39, 0.29) is 0 Å². The van der Waals surface area contributed by atoms with Crippen molar-refractivity contribution < 1.29 is 0 Å². The van der Waals surface area contributed by atoms with Crippen molar-refractivity contribution in [1.29, 1.82) is 5.26 Å². The maximum Gasteiger partial charge on any atom is 0.137 e. The molecule has 0 aliphatic carbocycles. The summed E-state index contributed by atoms with van der Waals surface area (Å²) in [7, 11) is 0. The largest absolute Gasteiger partial charge is 0.370 e. The fourth-order valence-corrected chi connectivity index (χ4v) is 2.09. The van der Waals surface area contributed by atoms with Crippen LogP contribution in [0.4, 0.5) is 11.6 Å². The highest BCUT2D eigenvalue weighted by molar-refractivity contribution is 5.57. The average molecular weight is 275 g/mol. The van der Waals surface area contributed by atoms with E-state index in [9.17, 15) is 0 Å². The first kappa shape index (κ1) is 16.2. The molecule has 0 aliphatic rings. The van der Waals surface area contributed by atoms with Crippen LogP contribution in [0.1, 0.15) is 39.2 Å². The van der Waals surface area contributed by atoms with Gasteiger partial charge in [-0.2, -0.15) is 5.26 Å². The third-order valence-corrected chi connectivity index (χ3v) is 2.98. The molecular formula is C15H25N5. The Kier molecular flexibility index (Phi) is 6.78. The van der Waals surface area contributed by atoms with Crippen molar-refractivity contribution >= 4 is 11.6 Å². The minimum Gasteiger partial charge on any atom is -0.370 e. The number of nitrogens with zero attached hydrogens (tertiary/aromatic N) is 4. The van der Waals surface area contributed by atoms with E-state index in [1.807, 2.05) is 6.92 Å². The van der Waals surface area contributed by atoms with Gasteiger partial charge >= 0.3 is 0 Å². The van der Waals surface area contributed by atoms with Crippen LogP contribution < -0.4 is 10.2 Å². The van der Waals surface area contributed by atoms with Gasteiger partial charge in [-0.3, -0.25) is 0 Å². The van der Waals surface area contributed by atoms with Gasteiger partial charge in [0.05, 0.1) is 12.5 Å². The monoisotopic (exact) mass is 275 g/mol. The SMILES string of the molecule is CCCNc1ncnc(N(CCC#N)CC(C)C)c1C. The molecule has 1 rings (SSSR count). The van der Waals surface area contributed by atoms with E-state index in [1.54, 1.807) is 6.33 Å². The first-order chi connectivity index (χ1) is 9.60. The Bertz CT molecular complexity index is 450. The zero-order valence-corrected chi connectivity index (χ0v) is 13.0. The van der Waals surface area contributed by atoms with Crippen LogP contribution in [0.15, 0.2) is 6.33 Å². The number of hydrogen-bond donors (Lipinski definition) is 1. The number of rotatable bonds is 8. The van der Waals surface area contributed by atoms with Crippen molar-refractivity contribution in [2.45, 2.75) is 40.5 Å². The summed E-state index contributed by atoms with van der Waals surface area (Å²) in [6, 6.07) is 2.21. The lowest BCUT2D eigenvalue weighted by molar-refractivity contribution is 0.606. The molecule has 0 saturated heterocycles. The third kappa shape index (κ3) is 4.69. The molecule has 1 heterocycles. The molecule has 5 heteroatoms. The van der Waals surface area contributed by atoms with Crippen molar-refractivity contribution in [1.82, 2.24) is 9.97 Å². The maximum atomic E-state index is 8.81. The van der Waals surface area contributed by atoms with Crippen LogP contribution in [0.5, 0.6) is 0 Å². The van der Waals surface area contributed by atoms with Crippen LogP contribution in [-0.2, 0) is 0 Å². The molecular weight excluding hydrogens is 250 g/mol. The molecule has 0 aliphatic heterocycles. The van der Waals surface area contributed by atoms with Gasteiger partial charge in [-0.05, 0) is 19.3 Å². The smallest absolute Gasteiger partial charge is 0.137 e. The Morgan fingerprint density at radius 2 is 2.15 bits per heavy atom. The van der Waals surface area contributed by atoms with Crippen LogP contribution in [0.25, 0.3) is 0 Å².